The molecule has 2 aromatic carbocycles. The molecule has 3 aromatic rings. The van der Waals surface area contributed by atoms with Crippen molar-refractivity contribution in [3.8, 4) is 0 Å². The number of nitrogens with zero attached hydrogens (tertiary/aromatic N) is 2. The maximum Gasteiger partial charge on any atom is 0.322 e. The van der Waals surface area contributed by atoms with Gasteiger partial charge in [0.05, 0.1) is 18.8 Å². The molecule has 0 saturated carbocycles. The monoisotopic (exact) mass is 373 g/mol. The van der Waals surface area contributed by atoms with Gasteiger partial charge in [-0.15, -0.1) is 0 Å². The van der Waals surface area contributed by atoms with Crippen molar-refractivity contribution in [3.05, 3.63) is 83.6 Å². The lowest BCUT2D eigenvalue weighted by Gasteiger charge is -2.16. The lowest BCUT2D eigenvalue weighted by Crippen LogP contribution is -2.30. The number of rotatable bonds is 4. The van der Waals surface area contributed by atoms with Crippen molar-refractivity contribution < 1.29 is 9.59 Å². The lowest BCUT2D eigenvalue weighted by molar-refractivity contribution is -0.111. The number of H-pyrrole nitrogens is 1. The number of carbonyl (C=O) groups excluding carboxylic acids is 2. The third kappa shape index (κ3) is 3.93. The van der Waals surface area contributed by atoms with Crippen LogP contribution in [0.15, 0.2) is 66.7 Å². The molecule has 28 heavy (non-hydrogen) atoms. The zero-order valence-corrected chi connectivity index (χ0v) is 15.1. The summed E-state index contributed by atoms with van der Waals surface area (Å²) in [6.07, 6.45) is 3.21. The van der Waals surface area contributed by atoms with Gasteiger partial charge in [-0.3, -0.25) is 9.89 Å². The van der Waals surface area contributed by atoms with Crippen LogP contribution in [0.5, 0.6) is 0 Å². The summed E-state index contributed by atoms with van der Waals surface area (Å²) in [4.78, 5) is 26.3. The van der Waals surface area contributed by atoms with Gasteiger partial charge >= 0.3 is 6.03 Å². The lowest BCUT2D eigenvalue weighted by atomic mass is 10.2. The molecular formula is C21H19N5O2. The van der Waals surface area contributed by atoms with Crippen molar-refractivity contribution in [2.24, 2.45) is 0 Å². The Hall–Kier alpha value is -3.87. The van der Waals surface area contributed by atoms with Crippen LogP contribution in [0, 0.1) is 0 Å². The Balaban J connectivity index is 1.38. The molecule has 3 amide bonds. The second-order valence-corrected chi connectivity index (χ2v) is 6.41. The average Bonchev–Trinajstić information content (AvgIpc) is 3.30. The van der Waals surface area contributed by atoms with Crippen molar-refractivity contribution in [1.82, 2.24) is 15.1 Å². The van der Waals surface area contributed by atoms with Crippen LogP contribution in [0.3, 0.4) is 0 Å². The predicted molar refractivity (Wildman–Crippen MR) is 107 cm³/mol. The van der Waals surface area contributed by atoms with Crippen molar-refractivity contribution in [3.63, 3.8) is 0 Å². The molecule has 1 aliphatic rings. The van der Waals surface area contributed by atoms with Crippen LogP contribution >= 0.6 is 0 Å². The third-order valence-electron chi connectivity index (χ3n) is 4.43. The number of benzene rings is 2. The molecule has 0 spiro atoms. The second-order valence-electron chi connectivity index (χ2n) is 6.41. The SMILES string of the molecule is O=C(/C=C/c1ccccc1)Nc1[nH]nc2c1CN(C(=O)Nc1ccccc1)C2. The van der Waals surface area contributed by atoms with Gasteiger partial charge in [-0.05, 0) is 23.8 Å². The van der Waals surface area contributed by atoms with Gasteiger partial charge in [0.1, 0.15) is 5.82 Å². The van der Waals surface area contributed by atoms with E-state index < -0.39 is 0 Å². The van der Waals surface area contributed by atoms with Crippen molar-refractivity contribution in [2.45, 2.75) is 13.1 Å². The van der Waals surface area contributed by atoms with Gasteiger partial charge in [-0.2, -0.15) is 5.10 Å². The highest BCUT2D eigenvalue weighted by Gasteiger charge is 2.28. The van der Waals surface area contributed by atoms with E-state index in [2.05, 4.69) is 20.8 Å². The summed E-state index contributed by atoms with van der Waals surface area (Å²) in [5.41, 5.74) is 3.25. The van der Waals surface area contributed by atoms with Crippen LogP contribution in [0.2, 0.25) is 0 Å². The second kappa shape index (κ2) is 7.79. The zero-order chi connectivity index (χ0) is 19.3. The van der Waals surface area contributed by atoms with E-state index in [9.17, 15) is 9.59 Å². The van der Waals surface area contributed by atoms with E-state index >= 15 is 0 Å². The molecular weight excluding hydrogens is 354 g/mol. The highest BCUT2D eigenvalue weighted by Crippen LogP contribution is 2.27. The summed E-state index contributed by atoms with van der Waals surface area (Å²) in [5.74, 6) is 0.259. The summed E-state index contributed by atoms with van der Waals surface area (Å²) in [6.45, 7) is 0.767. The fourth-order valence-electron chi connectivity index (χ4n) is 3.00. The molecule has 0 saturated heterocycles. The highest BCUT2D eigenvalue weighted by molar-refractivity contribution is 6.02. The third-order valence-corrected chi connectivity index (χ3v) is 4.43. The summed E-state index contributed by atoms with van der Waals surface area (Å²) >= 11 is 0. The van der Waals surface area contributed by atoms with Crippen molar-refractivity contribution >= 4 is 29.5 Å². The molecule has 0 bridgehead atoms. The number of para-hydroxylation sites is 1. The summed E-state index contributed by atoms with van der Waals surface area (Å²) in [6, 6.07) is 18.7. The number of aromatic amines is 1. The number of amides is 3. The zero-order valence-electron chi connectivity index (χ0n) is 15.1. The Labute approximate surface area is 162 Å². The van der Waals surface area contributed by atoms with Gasteiger partial charge in [0.15, 0.2) is 0 Å². The van der Waals surface area contributed by atoms with E-state index in [0.29, 0.717) is 18.9 Å². The fraction of sp³-hybridized carbons (Fsp3) is 0.0952. The summed E-state index contributed by atoms with van der Waals surface area (Å²) < 4.78 is 0. The van der Waals surface area contributed by atoms with Gasteiger partial charge in [0.25, 0.3) is 0 Å². The maximum absolute atomic E-state index is 12.5. The standard InChI is InChI=1S/C21H19N5O2/c27-19(12-11-15-7-3-1-4-8-15)23-20-17-13-26(14-18(17)24-25-20)21(28)22-16-9-5-2-6-10-16/h1-12H,13-14H2,(H,22,28)(H2,23,24,25,27)/b12-11+. The number of nitrogens with one attached hydrogen (secondary N) is 3. The summed E-state index contributed by atoms with van der Waals surface area (Å²) in [7, 11) is 0. The Morgan fingerprint density at radius 1 is 0.964 bits per heavy atom. The molecule has 0 aliphatic carbocycles. The first-order valence-electron chi connectivity index (χ1n) is 8.90. The molecule has 4 rings (SSSR count). The van der Waals surface area contributed by atoms with Gasteiger partial charge < -0.3 is 15.5 Å². The van der Waals surface area contributed by atoms with Crippen LogP contribution in [-0.2, 0) is 17.9 Å². The minimum absolute atomic E-state index is 0.203. The summed E-state index contributed by atoms with van der Waals surface area (Å²) in [5, 5.41) is 12.7. The fourth-order valence-corrected chi connectivity index (χ4v) is 3.00. The molecule has 140 valence electrons. The van der Waals surface area contributed by atoms with E-state index in [-0.39, 0.29) is 11.9 Å². The molecule has 1 aromatic heterocycles. The van der Waals surface area contributed by atoms with Crippen LogP contribution in [-0.4, -0.2) is 27.0 Å². The number of hydrogen-bond donors (Lipinski definition) is 3. The minimum atomic E-state index is -0.262. The number of anilines is 2. The molecule has 0 radical (unpaired) electrons. The number of aromatic nitrogens is 2. The first kappa shape index (κ1) is 17.5. The van der Waals surface area contributed by atoms with Crippen LogP contribution in [0.1, 0.15) is 16.8 Å². The van der Waals surface area contributed by atoms with Gasteiger partial charge in [-0.25, -0.2) is 4.79 Å². The number of carbonyl (C=O) groups is 2. The Bertz CT molecular complexity index is 1010. The Morgan fingerprint density at radius 3 is 2.43 bits per heavy atom. The molecule has 7 heteroatoms. The van der Waals surface area contributed by atoms with E-state index in [1.54, 1.807) is 11.0 Å². The first-order chi connectivity index (χ1) is 13.7. The quantitative estimate of drug-likeness (QED) is 0.610. The molecule has 2 heterocycles. The van der Waals surface area contributed by atoms with Gasteiger partial charge in [0, 0.05) is 17.3 Å². The topological polar surface area (TPSA) is 90.1 Å². The maximum atomic E-state index is 12.5. The van der Waals surface area contributed by atoms with E-state index in [1.165, 1.54) is 6.08 Å². The average molecular weight is 373 g/mol. The molecule has 7 nitrogen and oxygen atoms in total. The Morgan fingerprint density at radius 2 is 1.68 bits per heavy atom. The number of hydrogen-bond acceptors (Lipinski definition) is 3. The largest absolute Gasteiger partial charge is 0.322 e. The van der Waals surface area contributed by atoms with E-state index in [4.69, 9.17) is 0 Å². The van der Waals surface area contributed by atoms with E-state index in [0.717, 1.165) is 22.5 Å². The van der Waals surface area contributed by atoms with E-state index in [1.807, 2.05) is 60.7 Å². The van der Waals surface area contributed by atoms with Gasteiger partial charge in [0.2, 0.25) is 5.91 Å². The normalized spacial score (nSPS) is 12.8. The molecule has 0 atom stereocenters. The predicted octanol–water partition coefficient (Wildman–Crippen LogP) is 3.61. The smallest absolute Gasteiger partial charge is 0.314 e. The molecule has 0 unspecified atom stereocenters. The number of urea groups is 1. The van der Waals surface area contributed by atoms with Crippen molar-refractivity contribution in [1.29, 1.82) is 0 Å². The Kier molecular flexibility index (Phi) is 4.88. The van der Waals surface area contributed by atoms with Crippen LogP contribution in [0.25, 0.3) is 6.08 Å². The van der Waals surface area contributed by atoms with Crippen molar-refractivity contribution in [2.75, 3.05) is 10.6 Å². The highest BCUT2D eigenvalue weighted by atomic mass is 16.2. The number of fused-ring (bicyclic) bond motifs is 1. The van der Waals surface area contributed by atoms with Gasteiger partial charge in [-0.1, -0.05) is 48.5 Å². The molecule has 0 fully saturated rings. The molecule has 3 N–H and O–H groups in total. The molecule has 1 aliphatic heterocycles. The first-order valence-corrected chi connectivity index (χ1v) is 8.90. The van der Waals surface area contributed by atoms with Crippen LogP contribution < -0.4 is 10.6 Å². The van der Waals surface area contributed by atoms with Crippen LogP contribution in [0.4, 0.5) is 16.3 Å². The minimum Gasteiger partial charge on any atom is -0.314 e.